The fourth-order valence-corrected chi connectivity index (χ4v) is 4.15. The molecule has 0 saturated carbocycles. The van der Waals surface area contributed by atoms with Crippen LogP contribution in [0.4, 0.5) is 4.39 Å². The zero-order valence-corrected chi connectivity index (χ0v) is 19.0. The first-order valence-corrected chi connectivity index (χ1v) is 10.8. The molecule has 0 N–H and O–H groups in total. The van der Waals surface area contributed by atoms with E-state index in [-0.39, 0.29) is 28.4 Å². The van der Waals surface area contributed by atoms with Gasteiger partial charge in [0.25, 0.3) is 5.91 Å². The molecule has 0 fully saturated rings. The van der Waals surface area contributed by atoms with Gasteiger partial charge >= 0.3 is 0 Å². The highest BCUT2D eigenvalue weighted by Crippen LogP contribution is 2.41. The summed E-state index contributed by atoms with van der Waals surface area (Å²) in [4.78, 5) is 28.4. The lowest BCUT2D eigenvalue weighted by Gasteiger charge is -2.26. The molecular formula is C25H26FNO6. The van der Waals surface area contributed by atoms with Crippen molar-refractivity contribution in [2.45, 2.75) is 32.4 Å². The smallest absolute Gasteiger partial charge is 0.290 e. The molecule has 0 radical (unpaired) electrons. The Morgan fingerprint density at radius 2 is 1.82 bits per heavy atom. The third-order valence-corrected chi connectivity index (χ3v) is 5.65. The largest absolute Gasteiger partial charge is 0.493 e. The summed E-state index contributed by atoms with van der Waals surface area (Å²) < 4.78 is 36.1. The van der Waals surface area contributed by atoms with E-state index in [1.165, 1.54) is 26.4 Å². The van der Waals surface area contributed by atoms with Gasteiger partial charge in [-0.25, -0.2) is 4.39 Å². The standard InChI is InChI=1S/C25H26FNO6/c1-14(2)32-11-5-10-27-22(15-6-8-19(30-3)20(12-15)31-4)21-23(28)17-13-16(26)7-9-18(17)33-24(21)25(27)29/h6-9,12-14,22H,5,10-11H2,1-4H3. The van der Waals surface area contributed by atoms with Gasteiger partial charge in [-0.2, -0.15) is 0 Å². The van der Waals surface area contributed by atoms with Gasteiger partial charge in [0, 0.05) is 13.2 Å². The van der Waals surface area contributed by atoms with Crippen molar-refractivity contribution in [3.05, 3.63) is 69.3 Å². The highest BCUT2D eigenvalue weighted by atomic mass is 19.1. The number of ether oxygens (including phenoxy) is 3. The number of fused-ring (bicyclic) bond motifs is 2. The monoisotopic (exact) mass is 455 g/mol. The van der Waals surface area contributed by atoms with Gasteiger partial charge in [0.05, 0.1) is 37.3 Å². The predicted octanol–water partition coefficient (Wildman–Crippen LogP) is 4.31. The average molecular weight is 455 g/mol. The van der Waals surface area contributed by atoms with E-state index in [1.807, 2.05) is 13.8 Å². The van der Waals surface area contributed by atoms with Crippen molar-refractivity contribution in [2.75, 3.05) is 27.4 Å². The van der Waals surface area contributed by atoms with Crippen molar-refractivity contribution >= 4 is 16.9 Å². The van der Waals surface area contributed by atoms with Gasteiger partial charge in [0.2, 0.25) is 5.76 Å². The van der Waals surface area contributed by atoms with E-state index in [0.29, 0.717) is 36.6 Å². The molecule has 8 heteroatoms. The number of nitrogens with zero attached hydrogens (tertiary/aromatic N) is 1. The van der Waals surface area contributed by atoms with Gasteiger partial charge in [-0.05, 0) is 56.2 Å². The number of hydrogen-bond donors (Lipinski definition) is 0. The fraction of sp³-hybridized carbons (Fsp3) is 0.360. The van der Waals surface area contributed by atoms with Crippen LogP contribution < -0.4 is 14.9 Å². The average Bonchev–Trinajstić information content (AvgIpc) is 3.08. The van der Waals surface area contributed by atoms with Gasteiger partial charge in [0.1, 0.15) is 11.4 Å². The van der Waals surface area contributed by atoms with Crippen LogP contribution in [0.2, 0.25) is 0 Å². The van der Waals surface area contributed by atoms with Crippen LogP contribution in [0.15, 0.2) is 45.6 Å². The number of carbonyl (C=O) groups excluding carboxylic acids is 1. The van der Waals surface area contributed by atoms with Crippen molar-refractivity contribution < 1.29 is 27.8 Å². The van der Waals surface area contributed by atoms with Gasteiger partial charge < -0.3 is 23.5 Å². The Hall–Kier alpha value is -3.39. The van der Waals surface area contributed by atoms with E-state index in [0.717, 1.165) is 6.07 Å². The van der Waals surface area contributed by atoms with Gasteiger partial charge in [-0.3, -0.25) is 9.59 Å². The van der Waals surface area contributed by atoms with Crippen molar-refractivity contribution in [1.82, 2.24) is 4.90 Å². The third kappa shape index (κ3) is 4.18. The first-order chi connectivity index (χ1) is 15.8. The molecule has 1 amide bonds. The molecule has 7 nitrogen and oxygen atoms in total. The quantitative estimate of drug-likeness (QED) is 0.471. The fourth-order valence-electron chi connectivity index (χ4n) is 4.15. The number of rotatable bonds is 8. The minimum Gasteiger partial charge on any atom is -0.493 e. The Labute approximate surface area is 190 Å². The summed E-state index contributed by atoms with van der Waals surface area (Å²) in [7, 11) is 3.04. The number of amides is 1. The molecule has 2 heterocycles. The van der Waals surface area contributed by atoms with Crippen molar-refractivity contribution in [1.29, 1.82) is 0 Å². The molecule has 33 heavy (non-hydrogen) atoms. The molecule has 2 aromatic carbocycles. The minimum absolute atomic E-state index is 0.0244. The first-order valence-electron chi connectivity index (χ1n) is 10.8. The summed E-state index contributed by atoms with van der Waals surface area (Å²) >= 11 is 0. The maximum Gasteiger partial charge on any atom is 0.290 e. The normalized spacial score (nSPS) is 15.4. The number of hydrogen-bond acceptors (Lipinski definition) is 6. The van der Waals surface area contributed by atoms with E-state index in [4.69, 9.17) is 18.6 Å². The number of carbonyl (C=O) groups is 1. The van der Waals surface area contributed by atoms with Crippen molar-refractivity contribution in [3.63, 3.8) is 0 Å². The topological polar surface area (TPSA) is 78.2 Å². The minimum atomic E-state index is -0.713. The van der Waals surface area contributed by atoms with Gasteiger partial charge in [-0.1, -0.05) is 6.07 Å². The Balaban J connectivity index is 1.85. The molecule has 0 aliphatic carbocycles. The van der Waals surface area contributed by atoms with Crippen LogP contribution >= 0.6 is 0 Å². The number of benzene rings is 2. The summed E-state index contributed by atoms with van der Waals surface area (Å²) in [5.41, 5.74) is 0.590. The molecule has 1 aliphatic heterocycles. The maximum absolute atomic E-state index is 13.9. The van der Waals surface area contributed by atoms with Crippen LogP contribution in [-0.4, -0.2) is 44.3 Å². The molecule has 1 unspecified atom stereocenters. The Morgan fingerprint density at radius 1 is 1.06 bits per heavy atom. The van der Waals surface area contributed by atoms with Crippen LogP contribution in [0.3, 0.4) is 0 Å². The molecule has 3 aromatic rings. The van der Waals surface area contributed by atoms with Gasteiger partial charge in [0.15, 0.2) is 16.9 Å². The maximum atomic E-state index is 13.9. The predicted molar refractivity (Wildman–Crippen MR) is 121 cm³/mol. The van der Waals surface area contributed by atoms with Crippen LogP contribution in [-0.2, 0) is 4.74 Å². The zero-order chi connectivity index (χ0) is 23.7. The lowest BCUT2D eigenvalue weighted by Crippen LogP contribution is -2.31. The summed E-state index contributed by atoms with van der Waals surface area (Å²) in [6.45, 7) is 4.69. The lowest BCUT2D eigenvalue weighted by atomic mass is 9.98. The second-order valence-electron chi connectivity index (χ2n) is 8.10. The molecule has 1 aromatic heterocycles. The van der Waals surface area contributed by atoms with Gasteiger partial charge in [-0.15, -0.1) is 0 Å². The molecule has 0 saturated heterocycles. The van der Waals surface area contributed by atoms with Crippen molar-refractivity contribution in [2.24, 2.45) is 0 Å². The Bertz CT molecular complexity index is 1250. The molecule has 0 bridgehead atoms. The molecular weight excluding hydrogens is 429 g/mol. The summed E-state index contributed by atoms with van der Waals surface area (Å²) in [5, 5.41) is 0.0945. The summed E-state index contributed by atoms with van der Waals surface area (Å²) in [5.74, 6) is 0.0243. The van der Waals surface area contributed by atoms with E-state index in [9.17, 15) is 14.0 Å². The van der Waals surface area contributed by atoms with E-state index in [2.05, 4.69) is 0 Å². The van der Waals surface area contributed by atoms with E-state index in [1.54, 1.807) is 23.1 Å². The SMILES string of the molecule is COc1ccc(C2c3c(oc4ccc(F)cc4c3=O)C(=O)N2CCCOC(C)C)cc1OC. The third-order valence-electron chi connectivity index (χ3n) is 5.65. The molecule has 0 spiro atoms. The van der Waals surface area contributed by atoms with Crippen LogP contribution in [0.25, 0.3) is 11.0 Å². The highest BCUT2D eigenvalue weighted by Gasteiger charge is 2.42. The van der Waals surface area contributed by atoms with E-state index < -0.39 is 23.2 Å². The van der Waals surface area contributed by atoms with Crippen LogP contribution in [0, 0.1) is 5.82 Å². The Morgan fingerprint density at radius 3 is 2.52 bits per heavy atom. The van der Waals surface area contributed by atoms with Crippen LogP contribution in [0.5, 0.6) is 11.5 Å². The molecule has 174 valence electrons. The number of halogens is 1. The number of methoxy groups -OCH3 is 2. The second kappa shape index (κ2) is 9.23. The second-order valence-corrected chi connectivity index (χ2v) is 8.10. The molecule has 4 rings (SSSR count). The lowest BCUT2D eigenvalue weighted by molar-refractivity contribution is 0.0593. The molecule has 1 aliphatic rings. The first kappa shape index (κ1) is 22.8. The Kier molecular flexibility index (Phi) is 6.37. The summed E-state index contributed by atoms with van der Waals surface area (Å²) in [6.07, 6.45) is 0.644. The summed E-state index contributed by atoms with van der Waals surface area (Å²) in [6, 6.07) is 8.22. The van der Waals surface area contributed by atoms with Crippen LogP contribution in [0.1, 0.15) is 48.0 Å². The zero-order valence-electron chi connectivity index (χ0n) is 19.0. The van der Waals surface area contributed by atoms with E-state index >= 15 is 0 Å². The van der Waals surface area contributed by atoms with Crippen molar-refractivity contribution in [3.8, 4) is 11.5 Å². The molecule has 1 atom stereocenters. The highest BCUT2D eigenvalue weighted by molar-refractivity contribution is 5.99.